The summed E-state index contributed by atoms with van der Waals surface area (Å²) in [4.78, 5) is 43.2. The molecule has 1 aliphatic heterocycles. The number of carbonyl (C=O) groups is 2. The molecule has 0 bridgehead atoms. The van der Waals surface area contributed by atoms with Crippen LogP contribution in [0.1, 0.15) is 97.8 Å². The molecule has 35 heavy (non-hydrogen) atoms. The lowest BCUT2D eigenvalue weighted by atomic mass is 9.72. The monoisotopic (exact) mass is 487 g/mol. The summed E-state index contributed by atoms with van der Waals surface area (Å²) in [5, 5.41) is 20.8. The number of aliphatic imine (C=N–C) groups is 2. The van der Waals surface area contributed by atoms with E-state index in [2.05, 4.69) is 53.4 Å². The summed E-state index contributed by atoms with van der Waals surface area (Å²) in [5.41, 5.74) is -3.43. The SMILES string of the molecule is CCCCCC=CCC=CCC=CCCCCCC(CC)(C(=O)O)C(=O)C1(C)N=CC([N+](=O)[O-])=N1. The van der Waals surface area contributed by atoms with E-state index in [4.69, 9.17) is 0 Å². The van der Waals surface area contributed by atoms with Crippen molar-refractivity contribution in [2.75, 3.05) is 0 Å². The number of carbonyl (C=O) groups excluding carboxylic acids is 1. The van der Waals surface area contributed by atoms with Crippen LogP contribution in [0.25, 0.3) is 0 Å². The van der Waals surface area contributed by atoms with Crippen molar-refractivity contribution in [3.63, 3.8) is 0 Å². The van der Waals surface area contributed by atoms with Crippen molar-refractivity contribution in [2.24, 2.45) is 15.4 Å². The Balaban J connectivity index is 2.42. The highest BCUT2D eigenvalue weighted by molar-refractivity contribution is 6.28. The lowest BCUT2D eigenvalue weighted by Gasteiger charge is -2.29. The Bertz CT molecular complexity index is 859. The molecule has 194 valence electrons. The van der Waals surface area contributed by atoms with Crippen molar-refractivity contribution < 1.29 is 19.6 Å². The smallest absolute Gasteiger partial charge is 0.379 e. The number of ketones is 1. The van der Waals surface area contributed by atoms with Crippen LogP contribution >= 0.6 is 0 Å². The molecule has 1 aliphatic rings. The van der Waals surface area contributed by atoms with Crippen LogP contribution in [-0.4, -0.2) is 39.5 Å². The van der Waals surface area contributed by atoms with Crippen LogP contribution in [0.3, 0.4) is 0 Å². The maximum Gasteiger partial charge on any atom is 0.379 e. The summed E-state index contributed by atoms with van der Waals surface area (Å²) in [6, 6.07) is 0. The van der Waals surface area contributed by atoms with Gasteiger partial charge in [-0.3, -0.25) is 9.59 Å². The van der Waals surface area contributed by atoms with Crippen LogP contribution in [-0.2, 0) is 9.59 Å². The van der Waals surface area contributed by atoms with Crippen molar-refractivity contribution in [3.8, 4) is 0 Å². The van der Waals surface area contributed by atoms with Gasteiger partial charge in [0, 0.05) is 6.92 Å². The zero-order valence-electron chi connectivity index (χ0n) is 21.4. The molecule has 2 atom stereocenters. The Morgan fingerprint density at radius 2 is 1.57 bits per heavy atom. The number of amidine groups is 1. The first kappa shape index (κ1) is 30.1. The van der Waals surface area contributed by atoms with E-state index in [9.17, 15) is 24.8 Å². The number of allylic oxidation sites excluding steroid dienone is 6. The highest BCUT2D eigenvalue weighted by Crippen LogP contribution is 2.37. The van der Waals surface area contributed by atoms with Crippen molar-refractivity contribution in [3.05, 3.63) is 46.6 Å². The Hall–Kier alpha value is -2.90. The van der Waals surface area contributed by atoms with Crippen LogP contribution in [0.15, 0.2) is 46.4 Å². The highest BCUT2D eigenvalue weighted by atomic mass is 16.6. The van der Waals surface area contributed by atoms with Gasteiger partial charge in [0.25, 0.3) is 5.66 Å². The quantitative estimate of drug-likeness (QED) is 0.0778. The summed E-state index contributed by atoms with van der Waals surface area (Å²) >= 11 is 0. The highest BCUT2D eigenvalue weighted by Gasteiger charge is 2.56. The number of carboxylic acids is 1. The molecule has 0 aromatic heterocycles. The number of unbranched alkanes of at least 4 members (excludes halogenated alkanes) is 6. The van der Waals surface area contributed by atoms with Gasteiger partial charge in [0.05, 0.1) is 0 Å². The fourth-order valence-corrected chi connectivity index (χ4v) is 4.08. The number of Topliss-reactive ketones (excluding diaryl/α,β-unsaturated/α-hetero) is 1. The minimum Gasteiger partial charge on any atom is -0.480 e. The molecule has 1 rings (SSSR count). The van der Waals surface area contributed by atoms with Gasteiger partial charge in [0.2, 0.25) is 5.78 Å². The van der Waals surface area contributed by atoms with Gasteiger partial charge >= 0.3 is 11.8 Å². The van der Waals surface area contributed by atoms with Gasteiger partial charge in [-0.15, -0.1) is 0 Å². The van der Waals surface area contributed by atoms with Gasteiger partial charge in [0.15, 0.2) is 0 Å². The van der Waals surface area contributed by atoms with E-state index in [1.807, 2.05) is 0 Å². The first-order valence-corrected chi connectivity index (χ1v) is 12.8. The first-order chi connectivity index (χ1) is 16.7. The molecule has 1 N–H and O–H groups in total. The maximum absolute atomic E-state index is 13.2. The molecule has 0 saturated carbocycles. The Morgan fingerprint density at radius 3 is 2.06 bits per heavy atom. The second-order valence-electron chi connectivity index (χ2n) is 9.06. The van der Waals surface area contributed by atoms with Gasteiger partial charge in [-0.25, -0.2) is 4.99 Å². The number of carboxylic acid groups (broad SMARTS) is 1. The van der Waals surface area contributed by atoms with Gasteiger partial charge in [-0.1, -0.05) is 76.0 Å². The lowest BCUT2D eigenvalue weighted by molar-refractivity contribution is -0.345. The Labute approximate surface area is 209 Å². The van der Waals surface area contributed by atoms with Crippen LogP contribution in [0.5, 0.6) is 0 Å². The van der Waals surface area contributed by atoms with Crippen molar-refractivity contribution in [2.45, 2.75) is 103 Å². The van der Waals surface area contributed by atoms with Crippen LogP contribution in [0.2, 0.25) is 0 Å². The average Bonchev–Trinajstić information content (AvgIpc) is 3.24. The van der Waals surface area contributed by atoms with Crippen molar-refractivity contribution in [1.29, 1.82) is 0 Å². The second-order valence-corrected chi connectivity index (χ2v) is 9.06. The van der Waals surface area contributed by atoms with Gasteiger partial charge in [-0.2, -0.15) is 0 Å². The topological polar surface area (TPSA) is 122 Å². The van der Waals surface area contributed by atoms with Crippen molar-refractivity contribution in [1.82, 2.24) is 0 Å². The number of nitro groups is 1. The maximum atomic E-state index is 13.2. The van der Waals surface area contributed by atoms with Crippen LogP contribution < -0.4 is 0 Å². The molecule has 0 aromatic rings. The van der Waals surface area contributed by atoms with Crippen molar-refractivity contribution >= 4 is 23.8 Å². The molecule has 8 nitrogen and oxygen atoms in total. The van der Waals surface area contributed by atoms with Gasteiger partial charge in [-0.05, 0) is 61.3 Å². The predicted molar refractivity (Wildman–Crippen MR) is 141 cm³/mol. The zero-order chi connectivity index (χ0) is 26.2. The van der Waals surface area contributed by atoms with Crippen LogP contribution in [0, 0.1) is 15.5 Å². The molecular formula is C27H41N3O5. The fourth-order valence-electron chi connectivity index (χ4n) is 4.08. The van der Waals surface area contributed by atoms with E-state index in [0.29, 0.717) is 6.42 Å². The summed E-state index contributed by atoms with van der Waals surface area (Å²) < 4.78 is 0. The minimum absolute atomic E-state index is 0.0791. The van der Waals surface area contributed by atoms with E-state index in [-0.39, 0.29) is 12.8 Å². The summed E-state index contributed by atoms with van der Waals surface area (Å²) in [5.74, 6) is -2.46. The largest absolute Gasteiger partial charge is 0.480 e. The molecule has 0 aliphatic carbocycles. The Morgan fingerprint density at radius 1 is 1.00 bits per heavy atom. The summed E-state index contributed by atoms with van der Waals surface area (Å²) in [6.07, 6.45) is 24.2. The van der Waals surface area contributed by atoms with Crippen LogP contribution in [0.4, 0.5) is 0 Å². The normalized spacial score (nSPS) is 19.6. The standard InChI is InChI=1S/C27H41N3O5/c1-4-6-7-8-9-10-11-12-13-14-15-16-17-18-19-20-21-27(5-2,25(32)33)24(31)26(3)28-22-23(29-26)30(34)35/h9-10,12-13,15-16,22H,4-8,11,14,17-21H2,1-3H3,(H,32,33). The van der Waals surface area contributed by atoms with E-state index >= 15 is 0 Å². The number of rotatable bonds is 18. The number of aliphatic carboxylic acids is 1. The van der Waals surface area contributed by atoms with E-state index < -0.39 is 33.6 Å². The third kappa shape index (κ3) is 9.70. The molecule has 0 fully saturated rings. The average molecular weight is 488 g/mol. The summed E-state index contributed by atoms with van der Waals surface area (Å²) in [6.45, 7) is 5.18. The van der Waals surface area contributed by atoms with Gasteiger partial charge in [0.1, 0.15) is 11.6 Å². The number of nitrogens with zero attached hydrogens (tertiary/aromatic N) is 3. The number of hydrogen-bond acceptors (Lipinski definition) is 6. The predicted octanol–water partition coefficient (Wildman–Crippen LogP) is 6.49. The molecule has 0 aromatic carbocycles. The first-order valence-electron chi connectivity index (χ1n) is 12.8. The van der Waals surface area contributed by atoms with Gasteiger partial charge < -0.3 is 15.2 Å². The molecule has 2 unspecified atom stereocenters. The zero-order valence-corrected chi connectivity index (χ0v) is 21.4. The minimum atomic E-state index is -1.77. The molecule has 1 heterocycles. The molecular weight excluding hydrogens is 446 g/mol. The lowest BCUT2D eigenvalue weighted by Crippen LogP contribution is -2.48. The second kappa shape index (κ2) is 15.9. The van der Waals surface area contributed by atoms with E-state index in [1.54, 1.807) is 6.92 Å². The molecule has 0 saturated heterocycles. The third-order valence-corrected chi connectivity index (χ3v) is 6.32. The fraction of sp³-hybridized carbons (Fsp3) is 0.630. The summed E-state index contributed by atoms with van der Waals surface area (Å²) in [7, 11) is 0. The van der Waals surface area contributed by atoms with E-state index in [1.165, 1.54) is 26.2 Å². The number of hydrogen-bond donors (Lipinski definition) is 1. The molecule has 0 amide bonds. The molecule has 0 radical (unpaired) electrons. The molecule has 8 heteroatoms. The Kier molecular flexibility index (Phi) is 13.7. The van der Waals surface area contributed by atoms with E-state index in [0.717, 1.165) is 44.7 Å². The third-order valence-electron chi connectivity index (χ3n) is 6.32. The molecule has 0 spiro atoms.